The number of likely N-dealkylation sites (N-methyl/N-ethyl adjacent to an activating group) is 1. The Morgan fingerprint density at radius 1 is 1.35 bits per heavy atom. The molecule has 23 heavy (non-hydrogen) atoms. The summed E-state index contributed by atoms with van der Waals surface area (Å²) in [5, 5.41) is 10.8. The Bertz CT molecular complexity index is 512. The van der Waals surface area contributed by atoms with E-state index in [0.717, 1.165) is 31.7 Å². The number of nitrogens with zero attached hydrogens (tertiary/aromatic N) is 4. The van der Waals surface area contributed by atoms with Crippen LogP contribution in [0.5, 0.6) is 0 Å². The Kier molecular flexibility index (Phi) is 10.6. The van der Waals surface area contributed by atoms with Crippen LogP contribution in [0, 0.1) is 13.8 Å². The first-order valence-electron chi connectivity index (χ1n) is 7.67. The number of aryl methyl sites for hydroxylation is 3. The zero-order valence-corrected chi connectivity index (χ0v) is 17.0. The molecule has 1 aromatic rings. The van der Waals surface area contributed by atoms with Gasteiger partial charge in [0, 0.05) is 39.4 Å². The van der Waals surface area contributed by atoms with Crippen molar-refractivity contribution < 1.29 is 4.79 Å². The minimum atomic E-state index is -0.0140. The van der Waals surface area contributed by atoms with Crippen LogP contribution < -0.4 is 10.6 Å². The minimum Gasteiger partial charge on any atom is -0.357 e. The Morgan fingerprint density at radius 3 is 2.57 bits per heavy atom. The largest absolute Gasteiger partial charge is 0.357 e. The highest BCUT2D eigenvalue weighted by Gasteiger charge is 2.04. The Balaban J connectivity index is 0.00000484. The number of nitrogens with one attached hydrogen (secondary N) is 2. The third-order valence-corrected chi connectivity index (χ3v) is 3.16. The Morgan fingerprint density at radius 2 is 2.04 bits per heavy atom. The SMILES string of the molecule is CCNC(=NCC(=O)N(C)C)NCCCn1nc(C)cc1C.I. The summed E-state index contributed by atoms with van der Waals surface area (Å²) in [6.45, 7) is 8.62. The van der Waals surface area contributed by atoms with Crippen molar-refractivity contribution in [1.29, 1.82) is 0 Å². The van der Waals surface area contributed by atoms with Crippen molar-refractivity contribution >= 4 is 35.8 Å². The molecular weight excluding hydrogens is 407 g/mol. The van der Waals surface area contributed by atoms with E-state index in [-0.39, 0.29) is 36.4 Å². The summed E-state index contributed by atoms with van der Waals surface area (Å²) in [6.07, 6.45) is 0.938. The van der Waals surface area contributed by atoms with Crippen molar-refractivity contribution in [1.82, 2.24) is 25.3 Å². The maximum atomic E-state index is 11.6. The van der Waals surface area contributed by atoms with Gasteiger partial charge in [0.2, 0.25) is 5.91 Å². The van der Waals surface area contributed by atoms with Crippen LogP contribution >= 0.6 is 24.0 Å². The molecule has 0 aliphatic rings. The van der Waals surface area contributed by atoms with Crippen molar-refractivity contribution in [2.24, 2.45) is 4.99 Å². The summed E-state index contributed by atoms with van der Waals surface area (Å²) in [4.78, 5) is 17.4. The first-order chi connectivity index (χ1) is 10.4. The summed E-state index contributed by atoms with van der Waals surface area (Å²) >= 11 is 0. The van der Waals surface area contributed by atoms with E-state index in [1.54, 1.807) is 14.1 Å². The quantitative estimate of drug-likeness (QED) is 0.291. The van der Waals surface area contributed by atoms with Gasteiger partial charge in [-0.15, -0.1) is 24.0 Å². The number of guanidine groups is 1. The zero-order chi connectivity index (χ0) is 16.5. The number of halogens is 1. The van der Waals surface area contributed by atoms with Crippen molar-refractivity contribution in [3.05, 3.63) is 17.5 Å². The fraction of sp³-hybridized carbons (Fsp3) is 0.667. The highest BCUT2D eigenvalue weighted by Crippen LogP contribution is 2.02. The van der Waals surface area contributed by atoms with Crippen LogP contribution in [0.3, 0.4) is 0 Å². The average molecular weight is 436 g/mol. The van der Waals surface area contributed by atoms with Crippen LogP contribution in [-0.4, -0.2) is 60.3 Å². The van der Waals surface area contributed by atoms with Gasteiger partial charge < -0.3 is 15.5 Å². The molecule has 0 unspecified atom stereocenters. The zero-order valence-electron chi connectivity index (χ0n) is 14.7. The highest BCUT2D eigenvalue weighted by atomic mass is 127. The maximum Gasteiger partial charge on any atom is 0.243 e. The Hall–Kier alpha value is -1.32. The smallest absolute Gasteiger partial charge is 0.243 e. The molecule has 0 radical (unpaired) electrons. The lowest BCUT2D eigenvalue weighted by atomic mass is 10.4. The van der Waals surface area contributed by atoms with Gasteiger partial charge in [0.05, 0.1) is 5.69 Å². The van der Waals surface area contributed by atoms with Gasteiger partial charge in [-0.3, -0.25) is 9.48 Å². The monoisotopic (exact) mass is 436 g/mol. The number of hydrogen-bond donors (Lipinski definition) is 2. The molecule has 0 fully saturated rings. The normalized spacial score (nSPS) is 10.9. The molecule has 1 rings (SSSR count). The standard InChI is InChI=1S/C15H28N6O.HI/c1-6-16-15(18-11-14(22)20(4)5)17-8-7-9-21-13(3)10-12(2)19-21;/h10H,6-9,11H2,1-5H3,(H2,16,17,18);1H. The van der Waals surface area contributed by atoms with Gasteiger partial charge in [-0.05, 0) is 33.3 Å². The predicted molar refractivity (Wildman–Crippen MR) is 104 cm³/mol. The molecule has 8 heteroatoms. The highest BCUT2D eigenvalue weighted by molar-refractivity contribution is 14.0. The third-order valence-electron chi connectivity index (χ3n) is 3.16. The first kappa shape index (κ1) is 21.7. The maximum absolute atomic E-state index is 11.6. The van der Waals surface area contributed by atoms with E-state index >= 15 is 0 Å². The number of carbonyl (C=O) groups is 1. The summed E-state index contributed by atoms with van der Waals surface area (Å²) in [7, 11) is 3.46. The fourth-order valence-electron chi connectivity index (χ4n) is 1.97. The van der Waals surface area contributed by atoms with Crippen LogP contribution in [0.1, 0.15) is 24.7 Å². The molecule has 1 heterocycles. The van der Waals surface area contributed by atoms with Crippen molar-refractivity contribution in [3.63, 3.8) is 0 Å². The molecule has 1 amide bonds. The molecule has 0 aliphatic carbocycles. The van der Waals surface area contributed by atoms with Gasteiger partial charge >= 0.3 is 0 Å². The Labute approximate surface area is 155 Å². The summed E-state index contributed by atoms with van der Waals surface area (Å²) in [6, 6.07) is 2.08. The van der Waals surface area contributed by atoms with Crippen molar-refractivity contribution in [2.75, 3.05) is 33.7 Å². The van der Waals surface area contributed by atoms with Crippen molar-refractivity contribution in [2.45, 2.75) is 33.7 Å². The lowest BCUT2D eigenvalue weighted by molar-refractivity contribution is -0.127. The van der Waals surface area contributed by atoms with E-state index in [9.17, 15) is 4.79 Å². The molecule has 132 valence electrons. The molecular formula is C15H29IN6O. The number of carbonyl (C=O) groups excluding carboxylic acids is 1. The van der Waals surface area contributed by atoms with Gasteiger partial charge in [-0.25, -0.2) is 4.99 Å². The molecule has 0 spiro atoms. The third kappa shape index (κ3) is 8.19. The van der Waals surface area contributed by atoms with Gasteiger partial charge in [-0.1, -0.05) is 0 Å². The van der Waals surface area contributed by atoms with Crippen LogP contribution in [0.15, 0.2) is 11.1 Å². The molecule has 0 saturated heterocycles. The number of aromatic nitrogens is 2. The molecule has 0 saturated carbocycles. The van der Waals surface area contributed by atoms with Gasteiger partial charge in [0.25, 0.3) is 0 Å². The van der Waals surface area contributed by atoms with E-state index < -0.39 is 0 Å². The lowest BCUT2D eigenvalue weighted by Gasteiger charge is -2.13. The molecule has 1 aromatic heterocycles. The molecule has 0 aliphatic heterocycles. The van der Waals surface area contributed by atoms with Gasteiger partial charge in [0.1, 0.15) is 6.54 Å². The molecule has 7 nitrogen and oxygen atoms in total. The van der Waals surface area contributed by atoms with Gasteiger partial charge in [0.15, 0.2) is 5.96 Å². The summed E-state index contributed by atoms with van der Waals surface area (Å²) < 4.78 is 2.01. The van der Waals surface area contributed by atoms with Crippen LogP contribution in [-0.2, 0) is 11.3 Å². The predicted octanol–water partition coefficient (Wildman–Crippen LogP) is 1.15. The summed E-state index contributed by atoms with van der Waals surface area (Å²) in [5.74, 6) is 0.658. The first-order valence-corrected chi connectivity index (χ1v) is 7.67. The number of hydrogen-bond acceptors (Lipinski definition) is 3. The summed E-state index contributed by atoms with van der Waals surface area (Å²) in [5.41, 5.74) is 2.22. The van der Waals surface area contributed by atoms with E-state index in [4.69, 9.17) is 0 Å². The lowest BCUT2D eigenvalue weighted by Crippen LogP contribution is -2.39. The molecule has 0 atom stereocenters. The molecule has 2 N–H and O–H groups in total. The van der Waals surface area contributed by atoms with E-state index in [1.807, 2.05) is 18.5 Å². The average Bonchev–Trinajstić information content (AvgIpc) is 2.78. The second-order valence-electron chi connectivity index (χ2n) is 5.41. The van der Waals surface area contributed by atoms with E-state index in [1.165, 1.54) is 10.6 Å². The minimum absolute atomic E-state index is 0. The molecule has 0 bridgehead atoms. The van der Waals surface area contributed by atoms with Crippen LogP contribution in [0.4, 0.5) is 0 Å². The van der Waals surface area contributed by atoms with Crippen LogP contribution in [0.25, 0.3) is 0 Å². The second kappa shape index (κ2) is 11.3. The van der Waals surface area contributed by atoms with E-state index in [2.05, 4.69) is 33.7 Å². The van der Waals surface area contributed by atoms with Crippen LogP contribution in [0.2, 0.25) is 0 Å². The fourth-order valence-corrected chi connectivity index (χ4v) is 1.97. The number of rotatable bonds is 7. The van der Waals surface area contributed by atoms with Gasteiger partial charge in [-0.2, -0.15) is 5.10 Å². The number of aliphatic imine (C=N–C) groups is 1. The second-order valence-corrected chi connectivity index (χ2v) is 5.41. The molecule has 0 aromatic carbocycles. The van der Waals surface area contributed by atoms with E-state index in [0.29, 0.717) is 5.96 Å². The number of amides is 1. The topological polar surface area (TPSA) is 74.6 Å². The van der Waals surface area contributed by atoms with Crippen molar-refractivity contribution in [3.8, 4) is 0 Å².